The maximum atomic E-state index is 11.4. The monoisotopic (exact) mass is 236 g/mol. The number of anilines is 1. The molecule has 0 saturated carbocycles. The van der Waals surface area contributed by atoms with E-state index in [4.69, 9.17) is 0 Å². The smallest absolute Gasteiger partial charge is 0.252 e. The summed E-state index contributed by atoms with van der Waals surface area (Å²) in [5.74, 6) is 1.44. The highest BCUT2D eigenvalue weighted by Gasteiger charge is 2.18. The van der Waals surface area contributed by atoms with Crippen LogP contribution in [-0.2, 0) is 6.42 Å². The van der Waals surface area contributed by atoms with Gasteiger partial charge >= 0.3 is 0 Å². The Morgan fingerprint density at radius 3 is 3.12 bits per heavy atom. The highest BCUT2D eigenvalue weighted by atomic mass is 16.1. The number of aromatic nitrogens is 2. The maximum Gasteiger partial charge on any atom is 0.252 e. The molecule has 1 aromatic heterocycles. The molecule has 2 heterocycles. The molecule has 17 heavy (non-hydrogen) atoms. The fraction of sp³-hybridized carbons (Fsp3) is 0.667. The van der Waals surface area contributed by atoms with E-state index in [1.807, 2.05) is 6.92 Å². The van der Waals surface area contributed by atoms with Gasteiger partial charge in [0.25, 0.3) is 5.56 Å². The van der Waals surface area contributed by atoms with Gasteiger partial charge in [0.05, 0.1) is 0 Å². The highest BCUT2D eigenvalue weighted by molar-refractivity contribution is 5.34. The fourth-order valence-corrected chi connectivity index (χ4v) is 2.22. The molecule has 1 aliphatic rings. The van der Waals surface area contributed by atoms with Crippen molar-refractivity contribution in [2.24, 2.45) is 0 Å². The van der Waals surface area contributed by atoms with Gasteiger partial charge in [-0.25, -0.2) is 4.98 Å². The molecular weight excluding hydrogens is 216 g/mol. The van der Waals surface area contributed by atoms with Crippen molar-refractivity contribution in [2.45, 2.75) is 45.2 Å². The highest BCUT2D eigenvalue weighted by Crippen LogP contribution is 2.13. The molecule has 0 radical (unpaired) electrons. The van der Waals surface area contributed by atoms with Gasteiger partial charge in [0.15, 0.2) is 0 Å². The molecule has 0 spiro atoms. The van der Waals surface area contributed by atoms with E-state index >= 15 is 0 Å². The van der Waals surface area contributed by atoms with Gasteiger partial charge in [0.2, 0.25) is 0 Å². The van der Waals surface area contributed by atoms with E-state index in [-0.39, 0.29) is 5.56 Å². The Balaban J connectivity index is 2.07. The lowest BCUT2D eigenvalue weighted by Crippen LogP contribution is -2.41. The summed E-state index contributed by atoms with van der Waals surface area (Å²) in [4.78, 5) is 18.5. The van der Waals surface area contributed by atoms with Crippen molar-refractivity contribution in [3.05, 3.63) is 22.2 Å². The Morgan fingerprint density at radius 1 is 1.59 bits per heavy atom. The van der Waals surface area contributed by atoms with Crippen LogP contribution >= 0.6 is 0 Å². The van der Waals surface area contributed by atoms with Gasteiger partial charge in [0, 0.05) is 24.6 Å². The third kappa shape index (κ3) is 3.30. The number of nitrogens with one attached hydrogen (secondary N) is 3. The Morgan fingerprint density at radius 2 is 2.41 bits per heavy atom. The van der Waals surface area contributed by atoms with Gasteiger partial charge in [-0.2, -0.15) is 0 Å². The average Bonchev–Trinajstić information content (AvgIpc) is 2.28. The predicted molar refractivity (Wildman–Crippen MR) is 68.3 cm³/mol. The van der Waals surface area contributed by atoms with Gasteiger partial charge in [0.1, 0.15) is 11.6 Å². The minimum Gasteiger partial charge on any atom is -0.367 e. The molecule has 5 nitrogen and oxygen atoms in total. The quantitative estimate of drug-likeness (QED) is 0.729. The summed E-state index contributed by atoms with van der Waals surface area (Å²) in [6, 6.07) is 2.46. The van der Waals surface area contributed by atoms with Crippen LogP contribution in [0.25, 0.3) is 0 Å². The summed E-state index contributed by atoms with van der Waals surface area (Å²) < 4.78 is 0. The number of rotatable bonds is 3. The molecule has 94 valence electrons. The zero-order valence-electron chi connectivity index (χ0n) is 10.4. The van der Waals surface area contributed by atoms with Crippen molar-refractivity contribution in [3.63, 3.8) is 0 Å². The summed E-state index contributed by atoms with van der Waals surface area (Å²) in [6.07, 6.45) is 2.88. The van der Waals surface area contributed by atoms with Crippen molar-refractivity contribution in [1.29, 1.82) is 0 Å². The Hall–Kier alpha value is -1.36. The van der Waals surface area contributed by atoms with E-state index in [2.05, 4.69) is 27.5 Å². The van der Waals surface area contributed by atoms with Crippen molar-refractivity contribution in [1.82, 2.24) is 15.3 Å². The van der Waals surface area contributed by atoms with Crippen LogP contribution in [0, 0.1) is 0 Å². The van der Waals surface area contributed by atoms with Crippen LogP contribution in [0.4, 0.5) is 5.82 Å². The zero-order valence-corrected chi connectivity index (χ0v) is 10.4. The second-order valence-electron chi connectivity index (χ2n) is 4.65. The third-order valence-corrected chi connectivity index (χ3v) is 3.10. The molecule has 3 N–H and O–H groups in total. The van der Waals surface area contributed by atoms with Gasteiger partial charge in [-0.3, -0.25) is 4.79 Å². The second kappa shape index (κ2) is 5.31. The number of aryl methyl sites for hydroxylation is 1. The van der Waals surface area contributed by atoms with Crippen molar-refractivity contribution >= 4 is 5.82 Å². The van der Waals surface area contributed by atoms with E-state index in [9.17, 15) is 4.79 Å². The number of H-pyrrole nitrogens is 1. The molecule has 1 aliphatic heterocycles. The first kappa shape index (κ1) is 12.1. The summed E-state index contributed by atoms with van der Waals surface area (Å²) >= 11 is 0. The lowest BCUT2D eigenvalue weighted by Gasteiger charge is -2.29. The second-order valence-corrected chi connectivity index (χ2v) is 4.65. The first-order valence-electron chi connectivity index (χ1n) is 6.27. The molecule has 5 heteroatoms. The Labute approximate surface area is 101 Å². The fourth-order valence-electron chi connectivity index (χ4n) is 2.22. The van der Waals surface area contributed by atoms with E-state index in [1.54, 1.807) is 0 Å². The summed E-state index contributed by atoms with van der Waals surface area (Å²) in [7, 11) is 0. The Kier molecular flexibility index (Phi) is 3.78. The molecule has 0 aliphatic carbocycles. The van der Waals surface area contributed by atoms with Crippen LogP contribution in [0.1, 0.15) is 32.5 Å². The number of aromatic amines is 1. The molecule has 1 saturated heterocycles. The van der Waals surface area contributed by atoms with Crippen LogP contribution in [0.2, 0.25) is 0 Å². The molecule has 0 bridgehead atoms. The van der Waals surface area contributed by atoms with Crippen LogP contribution < -0.4 is 16.2 Å². The van der Waals surface area contributed by atoms with Crippen LogP contribution in [-0.4, -0.2) is 28.6 Å². The third-order valence-electron chi connectivity index (χ3n) is 3.10. The molecule has 1 fully saturated rings. The molecule has 1 aromatic rings. The maximum absolute atomic E-state index is 11.4. The van der Waals surface area contributed by atoms with Gasteiger partial charge in [-0.1, -0.05) is 6.92 Å². The van der Waals surface area contributed by atoms with Gasteiger partial charge < -0.3 is 15.6 Å². The largest absolute Gasteiger partial charge is 0.367 e. The van der Waals surface area contributed by atoms with E-state index in [0.717, 1.165) is 31.6 Å². The minimum atomic E-state index is -0.0821. The number of hydrogen-bond acceptors (Lipinski definition) is 4. The molecule has 0 amide bonds. The Bertz CT molecular complexity index is 429. The van der Waals surface area contributed by atoms with Crippen LogP contribution in [0.5, 0.6) is 0 Å². The topological polar surface area (TPSA) is 69.8 Å². The van der Waals surface area contributed by atoms with E-state index in [0.29, 0.717) is 17.9 Å². The zero-order chi connectivity index (χ0) is 12.3. The number of piperidine rings is 1. The first-order chi connectivity index (χ1) is 8.17. The summed E-state index contributed by atoms with van der Waals surface area (Å²) in [6.45, 7) is 5.17. The first-order valence-corrected chi connectivity index (χ1v) is 6.27. The van der Waals surface area contributed by atoms with Crippen molar-refractivity contribution in [2.75, 3.05) is 11.9 Å². The lowest BCUT2D eigenvalue weighted by atomic mass is 10.0. The summed E-state index contributed by atoms with van der Waals surface area (Å²) in [5.41, 5.74) is -0.0821. The lowest BCUT2D eigenvalue weighted by molar-refractivity contribution is 0.395. The van der Waals surface area contributed by atoms with Crippen LogP contribution in [0.3, 0.4) is 0 Å². The van der Waals surface area contributed by atoms with Crippen LogP contribution in [0.15, 0.2) is 10.9 Å². The molecule has 0 aromatic carbocycles. The molecular formula is C12H20N4O. The molecule has 2 unspecified atom stereocenters. The van der Waals surface area contributed by atoms with Gasteiger partial charge in [-0.15, -0.1) is 0 Å². The van der Waals surface area contributed by atoms with E-state index < -0.39 is 0 Å². The SMILES string of the molecule is CCc1nc(NC2CCNC(C)C2)cc(=O)[nH]1. The average molecular weight is 236 g/mol. The van der Waals surface area contributed by atoms with Crippen molar-refractivity contribution < 1.29 is 0 Å². The predicted octanol–water partition coefficient (Wildman–Crippen LogP) is 0.885. The summed E-state index contributed by atoms with van der Waals surface area (Å²) in [5, 5.41) is 6.76. The molecule has 2 atom stereocenters. The normalized spacial score (nSPS) is 24.6. The van der Waals surface area contributed by atoms with Gasteiger partial charge in [-0.05, 0) is 26.3 Å². The number of hydrogen-bond donors (Lipinski definition) is 3. The van der Waals surface area contributed by atoms with Crippen molar-refractivity contribution in [3.8, 4) is 0 Å². The minimum absolute atomic E-state index is 0.0821. The molecule has 2 rings (SSSR count). The van der Waals surface area contributed by atoms with E-state index in [1.165, 1.54) is 6.07 Å². The number of nitrogens with zero attached hydrogens (tertiary/aromatic N) is 1. The standard InChI is InChI=1S/C12H20N4O/c1-3-10-15-11(7-12(17)16-10)14-9-4-5-13-8(2)6-9/h7-9,13H,3-6H2,1-2H3,(H2,14,15,16,17).